The first-order valence-electron chi connectivity index (χ1n) is 10.9. The minimum atomic E-state index is -0.833. The van der Waals surface area contributed by atoms with Crippen LogP contribution in [0.25, 0.3) is 17.2 Å². The third-order valence-corrected chi connectivity index (χ3v) is 5.93. The molecule has 1 aliphatic carbocycles. The number of fused-ring (bicyclic) bond motifs is 1. The predicted octanol–water partition coefficient (Wildman–Crippen LogP) is 7.72. The van der Waals surface area contributed by atoms with Crippen LogP contribution in [0.5, 0.6) is 11.5 Å². The van der Waals surface area contributed by atoms with Gasteiger partial charge in [-0.2, -0.15) is 0 Å². The summed E-state index contributed by atoms with van der Waals surface area (Å²) in [6.45, 7) is 8.46. The summed E-state index contributed by atoms with van der Waals surface area (Å²) >= 11 is 0. The fourth-order valence-corrected chi connectivity index (χ4v) is 4.06. The van der Waals surface area contributed by atoms with Gasteiger partial charge < -0.3 is 9.84 Å². The second-order valence-corrected chi connectivity index (χ2v) is 9.37. The van der Waals surface area contributed by atoms with E-state index >= 15 is 0 Å². The fourth-order valence-electron chi connectivity index (χ4n) is 4.06. The molecule has 4 heteroatoms. The van der Waals surface area contributed by atoms with Crippen LogP contribution >= 0.6 is 0 Å². The van der Waals surface area contributed by atoms with Gasteiger partial charge >= 0.3 is 5.97 Å². The van der Waals surface area contributed by atoms with Crippen molar-refractivity contribution in [1.29, 1.82) is 0 Å². The maximum Gasteiger partial charge on any atom is 0.307 e. The van der Waals surface area contributed by atoms with Crippen molar-refractivity contribution >= 4 is 23.2 Å². The van der Waals surface area contributed by atoms with Crippen molar-refractivity contribution in [3.63, 3.8) is 0 Å². The molecule has 0 saturated heterocycles. The van der Waals surface area contributed by atoms with Crippen molar-refractivity contribution in [2.45, 2.75) is 39.5 Å². The van der Waals surface area contributed by atoms with Crippen LogP contribution in [-0.2, 0) is 10.2 Å². The molecule has 0 unspecified atom stereocenters. The minimum absolute atomic E-state index is 0.00574. The quantitative estimate of drug-likeness (QED) is 0.440. The van der Waals surface area contributed by atoms with E-state index in [2.05, 4.69) is 45.0 Å². The Hall–Kier alpha value is -3.66. The Balaban J connectivity index is 1.68. The molecule has 0 amide bonds. The van der Waals surface area contributed by atoms with Crippen molar-refractivity contribution in [1.82, 2.24) is 0 Å². The lowest BCUT2D eigenvalue weighted by Crippen LogP contribution is -2.11. The summed E-state index contributed by atoms with van der Waals surface area (Å²) in [5.41, 5.74) is 7.10. The molecule has 0 spiro atoms. The van der Waals surface area contributed by atoms with Gasteiger partial charge in [0.05, 0.1) is 6.42 Å². The van der Waals surface area contributed by atoms with E-state index in [1.807, 2.05) is 31.2 Å². The predicted molar refractivity (Wildman–Crippen MR) is 131 cm³/mol. The van der Waals surface area contributed by atoms with Crippen molar-refractivity contribution in [2.75, 3.05) is 0 Å². The zero-order valence-corrected chi connectivity index (χ0v) is 19.3. The smallest absolute Gasteiger partial charge is 0.307 e. The lowest BCUT2D eigenvalue weighted by atomic mass is 9.84. The number of aliphatic carboxylic acids is 1. The molecule has 0 aromatic heterocycles. The number of carboxylic acids is 1. The van der Waals surface area contributed by atoms with E-state index in [-0.39, 0.29) is 17.7 Å². The van der Waals surface area contributed by atoms with Crippen LogP contribution in [0.2, 0.25) is 0 Å². The number of ether oxygens (including phenoxy) is 1. The molecule has 4 rings (SSSR count). The second-order valence-electron chi connectivity index (χ2n) is 9.37. The number of allylic oxidation sites excluding steroid dienone is 2. The van der Waals surface area contributed by atoms with Crippen LogP contribution in [0.1, 0.15) is 56.4 Å². The third-order valence-electron chi connectivity index (χ3n) is 5.93. The topological polar surface area (TPSA) is 46.5 Å². The van der Waals surface area contributed by atoms with Gasteiger partial charge in [-0.05, 0) is 93.8 Å². The summed E-state index contributed by atoms with van der Waals surface area (Å²) < 4.78 is 18.9. The van der Waals surface area contributed by atoms with Gasteiger partial charge in [0.15, 0.2) is 0 Å². The summed E-state index contributed by atoms with van der Waals surface area (Å²) in [6, 6.07) is 19.9. The van der Waals surface area contributed by atoms with Crippen molar-refractivity contribution < 1.29 is 19.0 Å². The molecule has 0 bridgehead atoms. The van der Waals surface area contributed by atoms with Crippen LogP contribution in [0.4, 0.5) is 4.39 Å². The Morgan fingerprint density at radius 1 is 0.939 bits per heavy atom. The van der Waals surface area contributed by atoms with Gasteiger partial charge in [0.25, 0.3) is 0 Å². The van der Waals surface area contributed by atoms with Gasteiger partial charge in [0.2, 0.25) is 0 Å². The molecule has 168 valence electrons. The van der Waals surface area contributed by atoms with Gasteiger partial charge in [-0.1, -0.05) is 51.1 Å². The Morgan fingerprint density at radius 3 is 2.12 bits per heavy atom. The first-order chi connectivity index (χ1) is 15.6. The standard InChI is InChI=1S/C29H27FO3/c1-18-25(15-19-5-10-22(11-6-19)33-23-12-8-21(30)9-13-23)24-14-7-20(29(2,3)4)16-27(24)26(18)17-28(31)32/h5-16H,17H2,1-4H3,(H,31,32)/b25-15-. The van der Waals surface area contributed by atoms with Crippen LogP contribution in [-0.4, -0.2) is 11.1 Å². The summed E-state index contributed by atoms with van der Waals surface area (Å²) in [4.78, 5) is 11.6. The molecular weight excluding hydrogens is 415 g/mol. The monoisotopic (exact) mass is 442 g/mol. The molecule has 0 saturated carbocycles. The molecule has 3 aromatic rings. The zero-order valence-electron chi connectivity index (χ0n) is 19.3. The Bertz CT molecular complexity index is 1260. The van der Waals surface area contributed by atoms with Crippen molar-refractivity contribution in [2.24, 2.45) is 0 Å². The zero-order chi connectivity index (χ0) is 23.8. The number of hydrogen-bond acceptors (Lipinski definition) is 2. The van der Waals surface area contributed by atoms with Crippen molar-refractivity contribution in [3.8, 4) is 11.5 Å². The van der Waals surface area contributed by atoms with Gasteiger partial charge in [0, 0.05) is 0 Å². The van der Waals surface area contributed by atoms with Crippen LogP contribution in [0.15, 0.2) is 72.3 Å². The molecule has 1 N–H and O–H groups in total. The molecule has 33 heavy (non-hydrogen) atoms. The summed E-state index contributed by atoms with van der Waals surface area (Å²) in [5, 5.41) is 9.50. The van der Waals surface area contributed by atoms with E-state index in [4.69, 9.17) is 4.74 Å². The molecule has 0 fully saturated rings. The molecule has 0 atom stereocenters. The van der Waals surface area contributed by atoms with Crippen LogP contribution < -0.4 is 4.74 Å². The number of halogens is 1. The Labute approximate surface area is 193 Å². The van der Waals surface area contributed by atoms with E-state index in [1.165, 1.54) is 17.7 Å². The van der Waals surface area contributed by atoms with E-state index in [0.29, 0.717) is 11.5 Å². The average molecular weight is 443 g/mol. The van der Waals surface area contributed by atoms with Crippen molar-refractivity contribution in [3.05, 3.63) is 100 Å². The lowest BCUT2D eigenvalue weighted by Gasteiger charge is -2.20. The molecule has 1 aliphatic rings. The molecular formula is C29H27FO3. The second kappa shape index (κ2) is 8.70. The summed E-state index contributed by atoms with van der Waals surface area (Å²) in [6.07, 6.45) is 2.08. The Morgan fingerprint density at radius 2 is 1.55 bits per heavy atom. The third kappa shape index (κ3) is 4.90. The first-order valence-corrected chi connectivity index (χ1v) is 10.9. The van der Waals surface area contributed by atoms with E-state index in [0.717, 1.165) is 33.4 Å². The van der Waals surface area contributed by atoms with Crippen LogP contribution in [0, 0.1) is 5.82 Å². The number of carboxylic acid groups (broad SMARTS) is 1. The molecule has 0 heterocycles. The highest BCUT2D eigenvalue weighted by molar-refractivity contribution is 6.07. The number of rotatable bonds is 5. The highest BCUT2D eigenvalue weighted by Gasteiger charge is 2.27. The highest BCUT2D eigenvalue weighted by Crippen LogP contribution is 2.45. The van der Waals surface area contributed by atoms with Gasteiger partial charge in [0.1, 0.15) is 17.3 Å². The summed E-state index contributed by atoms with van der Waals surface area (Å²) in [7, 11) is 0. The van der Waals surface area contributed by atoms with Crippen LogP contribution in [0.3, 0.4) is 0 Å². The normalized spacial score (nSPS) is 14.5. The molecule has 3 aromatic carbocycles. The van der Waals surface area contributed by atoms with E-state index in [1.54, 1.807) is 12.1 Å². The number of hydrogen-bond donors (Lipinski definition) is 1. The van der Waals surface area contributed by atoms with E-state index < -0.39 is 5.97 Å². The van der Waals surface area contributed by atoms with Gasteiger partial charge in [-0.15, -0.1) is 0 Å². The highest BCUT2D eigenvalue weighted by atomic mass is 19.1. The average Bonchev–Trinajstić information content (AvgIpc) is 3.01. The minimum Gasteiger partial charge on any atom is -0.481 e. The Kier molecular flexibility index (Phi) is 5.94. The molecule has 3 nitrogen and oxygen atoms in total. The fraction of sp³-hybridized carbons (Fsp3) is 0.207. The molecule has 0 radical (unpaired) electrons. The van der Waals surface area contributed by atoms with Gasteiger partial charge in [-0.25, -0.2) is 4.39 Å². The largest absolute Gasteiger partial charge is 0.481 e. The van der Waals surface area contributed by atoms with Gasteiger partial charge in [-0.3, -0.25) is 4.79 Å². The maximum absolute atomic E-state index is 13.1. The lowest BCUT2D eigenvalue weighted by molar-refractivity contribution is -0.135. The first kappa shape index (κ1) is 22.5. The SMILES string of the molecule is CC1=C(CC(=O)O)c2cc(C(C)(C)C)ccc2/C1=C\c1ccc(Oc2ccc(F)cc2)cc1. The number of carbonyl (C=O) groups is 1. The maximum atomic E-state index is 13.1. The number of benzene rings is 3. The molecule has 0 aliphatic heterocycles. The summed E-state index contributed by atoms with van der Waals surface area (Å²) in [5.74, 6) is 0.0877. The van der Waals surface area contributed by atoms with E-state index in [9.17, 15) is 14.3 Å².